The summed E-state index contributed by atoms with van der Waals surface area (Å²) in [5.41, 5.74) is 8.01. The molecule has 0 unspecified atom stereocenters. The van der Waals surface area contributed by atoms with Gasteiger partial charge in [-0.2, -0.15) is 0 Å². The van der Waals surface area contributed by atoms with Crippen LogP contribution in [-0.2, 0) is 0 Å². The van der Waals surface area contributed by atoms with Crippen molar-refractivity contribution < 1.29 is 8.83 Å². The van der Waals surface area contributed by atoms with Crippen molar-refractivity contribution in [3.63, 3.8) is 0 Å². The summed E-state index contributed by atoms with van der Waals surface area (Å²) >= 11 is 0. The van der Waals surface area contributed by atoms with Crippen molar-refractivity contribution in [2.75, 3.05) is 0 Å². The molecule has 12 aromatic rings. The topological polar surface area (TPSA) is 65.0 Å². The van der Waals surface area contributed by atoms with Gasteiger partial charge in [0.2, 0.25) is 0 Å². The van der Waals surface area contributed by atoms with Gasteiger partial charge < -0.3 is 8.83 Å². The highest BCUT2D eigenvalue weighted by Gasteiger charge is 2.24. The fraction of sp³-hybridized carbons (Fsp3) is 0. The molecule has 0 amide bonds. The van der Waals surface area contributed by atoms with E-state index >= 15 is 0 Å². The summed E-state index contributed by atoms with van der Waals surface area (Å²) < 4.78 is 13.5. The third-order valence-electron chi connectivity index (χ3n) is 11.1. The highest BCUT2D eigenvalue weighted by atomic mass is 16.3. The largest absolute Gasteiger partial charge is 0.455 e. The van der Waals surface area contributed by atoms with E-state index in [9.17, 15) is 0 Å². The molecule has 260 valence electrons. The van der Waals surface area contributed by atoms with Crippen LogP contribution in [0, 0.1) is 0 Å². The minimum absolute atomic E-state index is 0.576. The van der Waals surface area contributed by atoms with E-state index in [0.29, 0.717) is 17.5 Å². The molecule has 0 atom stereocenters. The van der Waals surface area contributed by atoms with Gasteiger partial charge in [0.15, 0.2) is 17.5 Å². The smallest absolute Gasteiger partial charge is 0.164 e. The minimum Gasteiger partial charge on any atom is -0.455 e. The van der Waals surface area contributed by atoms with Crippen LogP contribution < -0.4 is 0 Å². The van der Waals surface area contributed by atoms with Crippen molar-refractivity contribution in [1.82, 2.24) is 15.0 Å². The molecule has 0 aliphatic rings. The Morgan fingerprint density at radius 3 is 1.61 bits per heavy atom. The number of hydrogen-bond acceptors (Lipinski definition) is 5. The second-order valence-electron chi connectivity index (χ2n) is 14.3. The van der Waals surface area contributed by atoms with E-state index in [1.165, 1.54) is 16.2 Å². The summed E-state index contributed by atoms with van der Waals surface area (Å²) in [5, 5.41) is 11.0. The van der Waals surface area contributed by atoms with E-state index in [0.717, 1.165) is 87.9 Å². The van der Waals surface area contributed by atoms with E-state index in [2.05, 4.69) is 121 Å². The molecule has 3 heterocycles. The van der Waals surface area contributed by atoms with Crippen LogP contribution in [0.15, 0.2) is 185 Å². The van der Waals surface area contributed by atoms with Crippen LogP contribution in [0.3, 0.4) is 0 Å². The van der Waals surface area contributed by atoms with Crippen molar-refractivity contribution in [2.45, 2.75) is 0 Å². The number of fused-ring (bicyclic) bond motifs is 11. The Morgan fingerprint density at radius 1 is 0.304 bits per heavy atom. The highest BCUT2D eigenvalue weighted by molar-refractivity contribution is 6.24. The Kier molecular flexibility index (Phi) is 6.56. The van der Waals surface area contributed by atoms with E-state index in [1.807, 2.05) is 54.6 Å². The maximum atomic E-state index is 6.87. The van der Waals surface area contributed by atoms with E-state index in [4.69, 9.17) is 23.8 Å². The van der Waals surface area contributed by atoms with Crippen molar-refractivity contribution in [2.24, 2.45) is 0 Å². The second kappa shape index (κ2) is 11.9. The van der Waals surface area contributed by atoms with Gasteiger partial charge in [-0.05, 0) is 68.9 Å². The molecule has 0 bridgehead atoms. The van der Waals surface area contributed by atoms with Gasteiger partial charge in [-0.15, -0.1) is 0 Å². The molecule has 56 heavy (non-hydrogen) atoms. The van der Waals surface area contributed by atoms with E-state index < -0.39 is 0 Å². The van der Waals surface area contributed by atoms with E-state index in [-0.39, 0.29) is 0 Å². The molecule has 5 nitrogen and oxygen atoms in total. The maximum absolute atomic E-state index is 6.87. The Balaban J connectivity index is 1.14. The monoisotopic (exact) mass is 715 g/mol. The highest BCUT2D eigenvalue weighted by Crippen LogP contribution is 2.46. The SMILES string of the molecule is c1ccc(-c2nc(-c3ccc4ccc5ccccc5c4c3)nc(-c3ccc(-c4cc5ccccc5c5oc6ccccc6c45)c4oc5ccccc5c34)n2)cc1. The fourth-order valence-electron chi connectivity index (χ4n) is 8.48. The molecule has 0 aliphatic heterocycles. The average molecular weight is 716 g/mol. The van der Waals surface area contributed by atoms with Crippen molar-refractivity contribution in [1.29, 1.82) is 0 Å². The number of benzene rings is 9. The Morgan fingerprint density at radius 2 is 0.839 bits per heavy atom. The molecule has 0 fully saturated rings. The first kappa shape index (κ1) is 30.8. The summed E-state index contributed by atoms with van der Waals surface area (Å²) in [6.45, 7) is 0. The van der Waals surface area contributed by atoms with Crippen LogP contribution in [0.2, 0.25) is 0 Å². The van der Waals surface area contributed by atoms with Crippen LogP contribution in [0.1, 0.15) is 0 Å². The molecule has 12 rings (SSSR count). The zero-order valence-electron chi connectivity index (χ0n) is 29.9. The first-order chi connectivity index (χ1) is 27.7. The molecular weight excluding hydrogens is 687 g/mol. The van der Waals surface area contributed by atoms with Gasteiger partial charge in [-0.3, -0.25) is 0 Å². The summed E-state index contributed by atoms with van der Waals surface area (Å²) in [7, 11) is 0. The number of nitrogens with zero attached hydrogens (tertiary/aromatic N) is 3. The van der Waals surface area contributed by atoms with Gasteiger partial charge in [0.25, 0.3) is 0 Å². The number of aromatic nitrogens is 3. The van der Waals surface area contributed by atoms with Gasteiger partial charge in [0.05, 0.1) is 0 Å². The van der Waals surface area contributed by atoms with Gasteiger partial charge in [-0.25, -0.2) is 15.0 Å². The second-order valence-corrected chi connectivity index (χ2v) is 14.3. The molecule has 3 aromatic heterocycles. The lowest BCUT2D eigenvalue weighted by molar-refractivity contribution is 0.670. The van der Waals surface area contributed by atoms with Gasteiger partial charge in [-0.1, -0.05) is 140 Å². The molecule has 0 aliphatic carbocycles. The van der Waals surface area contributed by atoms with Crippen molar-refractivity contribution in [3.05, 3.63) is 176 Å². The van der Waals surface area contributed by atoms with Crippen LogP contribution in [-0.4, -0.2) is 15.0 Å². The third-order valence-corrected chi connectivity index (χ3v) is 11.1. The number of hydrogen-bond donors (Lipinski definition) is 0. The number of rotatable bonds is 4. The normalized spacial score (nSPS) is 11.9. The first-order valence-electron chi connectivity index (χ1n) is 18.8. The summed E-state index contributed by atoms with van der Waals surface area (Å²) in [4.78, 5) is 15.6. The molecular formula is C51H29N3O2. The zero-order valence-corrected chi connectivity index (χ0v) is 29.9. The van der Waals surface area contributed by atoms with Gasteiger partial charge in [0.1, 0.15) is 22.3 Å². The lowest BCUT2D eigenvalue weighted by Gasteiger charge is -2.12. The number of para-hydroxylation sites is 2. The van der Waals surface area contributed by atoms with Gasteiger partial charge >= 0.3 is 0 Å². The van der Waals surface area contributed by atoms with Crippen LogP contribution in [0.5, 0.6) is 0 Å². The van der Waals surface area contributed by atoms with E-state index in [1.54, 1.807) is 0 Å². The van der Waals surface area contributed by atoms with Crippen molar-refractivity contribution >= 4 is 76.2 Å². The Bertz CT molecular complexity index is 3550. The Labute approximate surface area is 320 Å². The standard InChI is InChI=1S/C51H29N3O2/c1-2-13-32(14-3-1)49-52-50(34-25-24-31-23-22-30-12-4-6-16-35(30)41(31)29-34)54-51(53-49)40-27-26-37(48-45(40)38-18-8-10-20-43(38)56-48)42-28-33-15-5-7-17-36(33)47-46(42)39-19-9-11-21-44(39)55-47/h1-29H. The summed E-state index contributed by atoms with van der Waals surface area (Å²) in [6, 6.07) is 60.9. The predicted molar refractivity (Wildman–Crippen MR) is 229 cm³/mol. The summed E-state index contributed by atoms with van der Waals surface area (Å²) in [5.74, 6) is 1.79. The zero-order chi connectivity index (χ0) is 36.7. The number of furan rings is 2. The molecule has 9 aromatic carbocycles. The van der Waals surface area contributed by atoms with Crippen LogP contribution >= 0.6 is 0 Å². The van der Waals surface area contributed by atoms with Crippen LogP contribution in [0.25, 0.3) is 121 Å². The Hall–Kier alpha value is -7.63. The lowest BCUT2D eigenvalue weighted by Crippen LogP contribution is -2.00. The third kappa shape index (κ3) is 4.64. The minimum atomic E-state index is 0.576. The molecule has 0 saturated heterocycles. The molecule has 5 heteroatoms. The maximum Gasteiger partial charge on any atom is 0.164 e. The molecule has 0 saturated carbocycles. The first-order valence-corrected chi connectivity index (χ1v) is 18.8. The lowest BCUT2D eigenvalue weighted by atomic mass is 9.92. The fourth-order valence-corrected chi connectivity index (χ4v) is 8.48. The molecule has 0 spiro atoms. The molecule has 0 N–H and O–H groups in total. The average Bonchev–Trinajstić information content (AvgIpc) is 3.86. The quantitative estimate of drug-likeness (QED) is 0.170. The van der Waals surface area contributed by atoms with Crippen LogP contribution in [0.4, 0.5) is 0 Å². The molecule has 0 radical (unpaired) electrons. The predicted octanol–water partition coefficient (Wildman–Crippen LogP) is 13.8. The summed E-state index contributed by atoms with van der Waals surface area (Å²) in [6.07, 6.45) is 0. The van der Waals surface area contributed by atoms with Crippen molar-refractivity contribution in [3.8, 4) is 45.3 Å². The van der Waals surface area contributed by atoms with Gasteiger partial charge in [0, 0.05) is 49.2 Å².